The largest absolute Gasteiger partial charge is 0.306 e. The molecule has 0 spiro atoms. The molecule has 1 aromatic carbocycles. The number of non-ortho nitro benzene ring substituents is 1. The van der Waals surface area contributed by atoms with E-state index in [0.717, 1.165) is 0 Å². The molecule has 0 saturated carbocycles. The van der Waals surface area contributed by atoms with Crippen LogP contribution in [0.1, 0.15) is 16.1 Å². The number of nitro groups is 1. The molecule has 26 heavy (non-hydrogen) atoms. The minimum Gasteiger partial charge on any atom is -0.306 e. The molecule has 0 aliphatic carbocycles. The van der Waals surface area contributed by atoms with Crippen molar-refractivity contribution in [2.45, 2.75) is 6.92 Å². The van der Waals surface area contributed by atoms with Crippen LogP contribution >= 0.6 is 23.2 Å². The maximum Gasteiger partial charge on any atom is 0.269 e. The molecule has 0 aliphatic heterocycles. The van der Waals surface area contributed by atoms with Gasteiger partial charge in [0.1, 0.15) is 5.82 Å². The highest BCUT2D eigenvalue weighted by Gasteiger charge is 2.16. The number of rotatable bonds is 4. The molecule has 3 rings (SSSR count). The molecule has 0 fully saturated rings. The zero-order chi connectivity index (χ0) is 18.8. The molecule has 0 unspecified atom stereocenters. The number of nitrogens with zero attached hydrogens (tertiary/aromatic N) is 4. The van der Waals surface area contributed by atoms with Crippen LogP contribution in [0, 0.1) is 17.0 Å². The van der Waals surface area contributed by atoms with E-state index in [2.05, 4.69) is 15.4 Å². The highest BCUT2D eigenvalue weighted by Crippen LogP contribution is 2.25. The van der Waals surface area contributed by atoms with Gasteiger partial charge in [0.15, 0.2) is 5.82 Å². The van der Waals surface area contributed by atoms with Crippen LogP contribution in [0.5, 0.6) is 0 Å². The number of anilines is 1. The van der Waals surface area contributed by atoms with Gasteiger partial charge in [0.2, 0.25) is 0 Å². The van der Waals surface area contributed by atoms with Gasteiger partial charge in [-0.25, -0.2) is 4.98 Å². The Hall–Kier alpha value is -2.97. The Labute approximate surface area is 157 Å². The number of aryl methyl sites for hydroxylation is 1. The summed E-state index contributed by atoms with van der Waals surface area (Å²) in [6.45, 7) is 1.75. The summed E-state index contributed by atoms with van der Waals surface area (Å²) in [5.41, 5.74) is 0.799. The number of amides is 1. The first-order chi connectivity index (χ1) is 12.3. The fourth-order valence-corrected chi connectivity index (χ4v) is 2.70. The van der Waals surface area contributed by atoms with Crippen molar-refractivity contribution in [3.63, 3.8) is 0 Å². The van der Waals surface area contributed by atoms with Gasteiger partial charge in [-0.05, 0) is 25.1 Å². The Morgan fingerprint density at radius 1 is 1.23 bits per heavy atom. The number of benzene rings is 1. The number of aromatic nitrogens is 3. The highest BCUT2D eigenvalue weighted by atomic mass is 35.5. The maximum absolute atomic E-state index is 12.4. The molecule has 2 heterocycles. The second-order valence-electron chi connectivity index (χ2n) is 5.30. The van der Waals surface area contributed by atoms with Crippen molar-refractivity contribution in [3.8, 4) is 5.82 Å². The van der Waals surface area contributed by atoms with Gasteiger partial charge in [-0.3, -0.25) is 14.9 Å². The first-order valence-corrected chi connectivity index (χ1v) is 8.04. The van der Waals surface area contributed by atoms with Gasteiger partial charge in [-0.2, -0.15) is 9.78 Å². The Balaban J connectivity index is 1.90. The Kier molecular flexibility index (Phi) is 4.88. The smallest absolute Gasteiger partial charge is 0.269 e. The van der Waals surface area contributed by atoms with Crippen LogP contribution in [-0.2, 0) is 0 Å². The van der Waals surface area contributed by atoms with E-state index in [1.54, 1.807) is 13.0 Å². The minimum atomic E-state index is -0.533. The van der Waals surface area contributed by atoms with Crippen LogP contribution < -0.4 is 5.32 Å². The topological polar surface area (TPSA) is 103 Å². The van der Waals surface area contributed by atoms with E-state index in [4.69, 9.17) is 23.2 Å². The lowest BCUT2D eigenvalue weighted by molar-refractivity contribution is -0.384. The lowest BCUT2D eigenvalue weighted by Crippen LogP contribution is -2.15. The van der Waals surface area contributed by atoms with E-state index >= 15 is 0 Å². The summed E-state index contributed by atoms with van der Waals surface area (Å²) in [5, 5.41) is 18.3. The Bertz CT molecular complexity index is 1000. The van der Waals surface area contributed by atoms with E-state index in [9.17, 15) is 14.9 Å². The third-order valence-electron chi connectivity index (χ3n) is 3.40. The SMILES string of the molecule is Cc1cc(NC(=O)c2ccc([N+](=O)[O-])cc2)n(-c2ncc(Cl)cc2Cl)n1. The first kappa shape index (κ1) is 17.8. The number of hydrogen-bond acceptors (Lipinski definition) is 5. The lowest BCUT2D eigenvalue weighted by atomic mass is 10.2. The average molecular weight is 392 g/mol. The van der Waals surface area contributed by atoms with E-state index in [1.807, 2.05) is 0 Å². The lowest BCUT2D eigenvalue weighted by Gasteiger charge is -2.09. The van der Waals surface area contributed by atoms with Gasteiger partial charge in [-0.1, -0.05) is 23.2 Å². The molecule has 2 aromatic heterocycles. The predicted octanol–water partition coefficient (Wildman–Crippen LogP) is 4.04. The fraction of sp³-hybridized carbons (Fsp3) is 0.0625. The molecule has 3 aromatic rings. The summed E-state index contributed by atoms with van der Waals surface area (Å²) in [6, 6.07) is 8.42. The second kappa shape index (κ2) is 7.11. The standard InChI is InChI=1S/C16H11Cl2N5O3/c1-9-6-14(22(21-9)15-13(18)7-11(17)8-19-15)20-16(24)10-2-4-12(5-3-10)23(25)26/h2-8H,1H3,(H,20,24). The molecular weight excluding hydrogens is 381 g/mol. The summed E-state index contributed by atoms with van der Waals surface area (Å²) in [6.07, 6.45) is 1.42. The van der Waals surface area contributed by atoms with Gasteiger partial charge in [0.05, 0.1) is 20.7 Å². The molecule has 0 saturated heterocycles. The van der Waals surface area contributed by atoms with Gasteiger partial charge in [0.25, 0.3) is 11.6 Å². The zero-order valence-electron chi connectivity index (χ0n) is 13.3. The molecule has 0 radical (unpaired) electrons. The third-order valence-corrected chi connectivity index (χ3v) is 3.89. The number of carbonyl (C=O) groups is 1. The van der Waals surface area contributed by atoms with Crippen LogP contribution in [0.25, 0.3) is 5.82 Å². The molecule has 10 heteroatoms. The van der Waals surface area contributed by atoms with Crippen molar-refractivity contribution >= 4 is 40.6 Å². The van der Waals surface area contributed by atoms with Crippen LogP contribution in [0.3, 0.4) is 0 Å². The minimum absolute atomic E-state index is 0.0976. The number of halogens is 2. The monoisotopic (exact) mass is 391 g/mol. The van der Waals surface area contributed by atoms with Gasteiger partial charge in [0, 0.05) is 30.0 Å². The molecule has 0 aliphatic rings. The van der Waals surface area contributed by atoms with E-state index < -0.39 is 10.8 Å². The second-order valence-corrected chi connectivity index (χ2v) is 6.14. The summed E-state index contributed by atoms with van der Waals surface area (Å²) in [4.78, 5) is 26.7. The van der Waals surface area contributed by atoms with Crippen LogP contribution in [0.4, 0.5) is 11.5 Å². The molecule has 1 N–H and O–H groups in total. The summed E-state index contributed by atoms with van der Waals surface area (Å²) in [5.74, 6) is 0.205. The number of nitro benzene ring substituents is 1. The highest BCUT2D eigenvalue weighted by molar-refractivity contribution is 6.35. The van der Waals surface area contributed by atoms with Crippen molar-refractivity contribution in [1.29, 1.82) is 0 Å². The molecule has 1 amide bonds. The van der Waals surface area contributed by atoms with Crippen molar-refractivity contribution in [3.05, 3.63) is 74.0 Å². The molecule has 0 bridgehead atoms. The molecular formula is C16H11Cl2N5O3. The van der Waals surface area contributed by atoms with E-state index in [0.29, 0.717) is 22.4 Å². The van der Waals surface area contributed by atoms with Crippen LogP contribution in [0.15, 0.2) is 42.6 Å². The van der Waals surface area contributed by atoms with E-state index in [1.165, 1.54) is 41.2 Å². The predicted molar refractivity (Wildman–Crippen MR) is 97.2 cm³/mol. The van der Waals surface area contributed by atoms with Gasteiger partial charge < -0.3 is 5.32 Å². The van der Waals surface area contributed by atoms with Crippen molar-refractivity contribution in [2.75, 3.05) is 5.32 Å². The summed E-state index contributed by atoms with van der Waals surface area (Å²) in [7, 11) is 0. The summed E-state index contributed by atoms with van der Waals surface area (Å²) < 4.78 is 1.39. The first-order valence-electron chi connectivity index (χ1n) is 7.29. The number of pyridine rings is 1. The maximum atomic E-state index is 12.4. The van der Waals surface area contributed by atoms with Gasteiger partial charge in [-0.15, -0.1) is 0 Å². The van der Waals surface area contributed by atoms with E-state index in [-0.39, 0.29) is 16.3 Å². The van der Waals surface area contributed by atoms with Crippen molar-refractivity contribution < 1.29 is 9.72 Å². The van der Waals surface area contributed by atoms with Gasteiger partial charge >= 0.3 is 0 Å². The number of carbonyl (C=O) groups excluding carboxylic acids is 1. The van der Waals surface area contributed by atoms with Crippen LogP contribution in [-0.4, -0.2) is 25.6 Å². The number of nitrogens with one attached hydrogen (secondary N) is 1. The average Bonchev–Trinajstić information content (AvgIpc) is 2.95. The third kappa shape index (κ3) is 3.66. The van der Waals surface area contributed by atoms with Crippen molar-refractivity contribution in [2.24, 2.45) is 0 Å². The zero-order valence-corrected chi connectivity index (χ0v) is 14.8. The molecule has 132 valence electrons. The quantitative estimate of drug-likeness (QED) is 0.533. The molecule has 8 nitrogen and oxygen atoms in total. The normalized spacial score (nSPS) is 10.6. The van der Waals surface area contributed by atoms with Crippen molar-refractivity contribution in [1.82, 2.24) is 14.8 Å². The Morgan fingerprint density at radius 3 is 2.54 bits per heavy atom. The fourth-order valence-electron chi connectivity index (χ4n) is 2.24. The molecule has 0 atom stereocenters. The Morgan fingerprint density at radius 2 is 1.92 bits per heavy atom. The summed E-state index contributed by atoms with van der Waals surface area (Å²) >= 11 is 12.0. The number of hydrogen-bond donors (Lipinski definition) is 1. The van der Waals surface area contributed by atoms with Crippen LogP contribution in [0.2, 0.25) is 10.0 Å².